The minimum Gasteiger partial charge on any atom is -0.494 e. The number of carbonyl (C=O) groups is 2. The van der Waals surface area contributed by atoms with E-state index in [1.807, 2.05) is 11.8 Å². The van der Waals surface area contributed by atoms with E-state index in [1.165, 1.54) is 34.2 Å². The SMILES string of the molecule is COc1cc(C(=O)N2C[C@H](N)C[C@@H](F)C2)cn2nc(-c3cc4cccc(C5CCN(C(=O)C6CC(O)C6)CC5)c4n3CC3CC3)c(C)c12. The highest BCUT2D eigenvalue weighted by Gasteiger charge is 2.37. The number of aliphatic hydroxyl groups is 1. The first-order chi connectivity index (χ1) is 23.2. The Labute approximate surface area is 279 Å². The van der Waals surface area contributed by atoms with Crippen LogP contribution in [-0.2, 0) is 11.3 Å². The summed E-state index contributed by atoms with van der Waals surface area (Å²) in [7, 11) is 1.59. The number of nitrogens with two attached hydrogens (primary N) is 1. The normalized spacial score (nSPS) is 25.1. The lowest BCUT2D eigenvalue weighted by molar-refractivity contribution is -0.143. The maximum Gasteiger partial charge on any atom is 0.255 e. The van der Waals surface area contributed by atoms with Gasteiger partial charge in [0.25, 0.3) is 5.91 Å². The van der Waals surface area contributed by atoms with E-state index in [1.54, 1.807) is 23.9 Å². The molecule has 2 amide bonds. The van der Waals surface area contributed by atoms with Gasteiger partial charge in [0.1, 0.15) is 23.1 Å². The number of benzene rings is 1. The first-order valence-electron chi connectivity index (χ1n) is 17.5. The van der Waals surface area contributed by atoms with Gasteiger partial charge < -0.3 is 29.9 Å². The smallest absolute Gasteiger partial charge is 0.255 e. The number of rotatable bonds is 7. The van der Waals surface area contributed by atoms with Gasteiger partial charge in [-0.3, -0.25) is 9.59 Å². The molecule has 0 unspecified atom stereocenters. The van der Waals surface area contributed by atoms with Crippen molar-refractivity contribution in [3.05, 3.63) is 53.2 Å². The summed E-state index contributed by atoms with van der Waals surface area (Å²) in [5.41, 5.74) is 12.6. The summed E-state index contributed by atoms with van der Waals surface area (Å²) in [5, 5.41) is 16.0. The number of likely N-dealkylation sites (tertiary alicyclic amines) is 2. The predicted octanol–water partition coefficient (Wildman–Crippen LogP) is 4.67. The van der Waals surface area contributed by atoms with Crippen LogP contribution in [0.5, 0.6) is 5.75 Å². The van der Waals surface area contributed by atoms with Crippen LogP contribution < -0.4 is 10.5 Å². The van der Waals surface area contributed by atoms with Gasteiger partial charge in [0.05, 0.1) is 36.5 Å². The summed E-state index contributed by atoms with van der Waals surface area (Å²) in [6, 6.07) is 10.2. The monoisotopic (exact) mass is 656 g/mol. The third-order valence-electron chi connectivity index (χ3n) is 11.2. The molecule has 11 heteroatoms. The van der Waals surface area contributed by atoms with Crippen LogP contribution >= 0.6 is 0 Å². The maximum absolute atomic E-state index is 14.3. The fourth-order valence-corrected chi connectivity index (χ4v) is 8.31. The number of halogens is 1. The number of amides is 2. The van der Waals surface area contributed by atoms with Gasteiger partial charge in [0, 0.05) is 55.3 Å². The van der Waals surface area contributed by atoms with E-state index in [-0.39, 0.29) is 36.8 Å². The van der Waals surface area contributed by atoms with Crippen molar-refractivity contribution < 1.29 is 23.8 Å². The molecule has 1 aromatic carbocycles. The lowest BCUT2D eigenvalue weighted by Crippen LogP contribution is -2.50. The number of fused-ring (bicyclic) bond motifs is 2. The molecule has 8 rings (SSSR count). The van der Waals surface area contributed by atoms with Gasteiger partial charge in [-0.15, -0.1) is 0 Å². The predicted molar refractivity (Wildman–Crippen MR) is 181 cm³/mol. The number of pyridine rings is 1. The van der Waals surface area contributed by atoms with Crippen LogP contribution in [0, 0.1) is 18.8 Å². The zero-order chi connectivity index (χ0) is 33.3. The number of piperidine rings is 2. The molecule has 254 valence electrons. The molecule has 5 heterocycles. The number of methoxy groups -OCH3 is 1. The van der Waals surface area contributed by atoms with Gasteiger partial charge in [-0.2, -0.15) is 5.10 Å². The van der Waals surface area contributed by atoms with E-state index in [0.717, 1.165) is 54.9 Å². The van der Waals surface area contributed by atoms with E-state index in [9.17, 15) is 19.1 Å². The van der Waals surface area contributed by atoms with Crippen molar-refractivity contribution in [1.82, 2.24) is 24.0 Å². The molecule has 0 bridgehead atoms. The van der Waals surface area contributed by atoms with Gasteiger partial charge in [-0.25, -0.2) is 8.91 Å². The highest BCUT2D eigenvalue weighted by Crippen LogP contribution is 2.42. The Hall–Kier alpha value is -3.96. The summed E-state index contributed by atoms with van der Waals surface area (Å²) in [6.45, 7) is 4.78. The van der Waals surface area contributed by atoms with Gasteiger partial charge in [-0.05, 0) is 81.4 Å². The molecule has 4 aromatic rings. The summed E-state index contributed by atoms with van der Waals surface area (Å²) < 4.78 is 24.3. The second-order valence-electron chi connectivity index (χ2n) is 14.7. The zero-order valence-corrected chi connectivity index (χ0v) is 27.8. The number of aliphatic hydroxyl groups excluding tert-OH is 1. The molecule has 4 aliphatic rings. The average Bonchev–Trinajstić information content (AvgIpc) is 3.73. The third kappa shape index (κ3) is 5.54. The van der Waals surface area contributed by atoms with E-state index in [0.29, 0.717) is 42.5 Å². The molecule has 2 aliphatic carbocycles. The molecule has 2 aliphatic heterocycles. The first-order valence-corrected chi connectivity index (χ1v) is 17.5. The van der Waals surface area contributed by atoms with Gasteiger partial charge >= 0.3 is 0 Å². The molecule has 10 nitrogen and oxygen atoms in total. The standard InChI is InChI=1S/C37H45FN6O4/c1-21-33(40-44-18-26(15-32(48-2)34(21)44)37(47)42-19-27(38)16-28(39)20-42)31-14-24-4-3-5-30(35(24)43(31)17-22-6-7-22)23-8-10-41(11-9-23)36(46)25-12-29(45)13-25/h3-5,14-15,18,22-23,25,27-29,45H,6-13,16-17,19-20,39H2,1-2H3/t25?,27-,28-,29?/m1/s1. The molecule has 2 saturated heterocycles. The van der Waals surface area contributed by atoms with Crippen LogP contribution in [0.25, 0.3) is 27.8 Å². The van der Waals surface area contributed by atoms with Crippen LogP contribution in [0.1, 0.15) is 72.3 Å². The Bertz CT molecular complexity index is 1870. The van der Waals surface area contributed by atoms with E-state index >= 15 is 0 Å². The lowest BCUT2D eigenvalue weighted by Gasteiger charge is -2.38. The molecule has 48 heavy (non-hydrogen) atoms. The number of ether oxygens (including phenoxy) is 1. The quantitative estimate of drug-likeness (QED) is 0.299. The van der Waals surface area contributed by atoms with Gasteiger partial charge in [0.15, 0.2) is 0 Å². The highest BCUT2D eigenvalue weighted by atomic mass is 19.1. The number of hydrogen-bond acceptors (Lipinski definition) is 6. The number of para-hydroxylation sites is 1. The summed E-state index contributed by atoms with van der Waals surface area (Å²) >= 11 is 0. The van der Waals surface area contributed by atoms with Crippen LogP contribution in [0.2, 0.25) is 0 Å². The van der Waals surface area contributed by atoms with E-state index < -0.39 is 12.2 Å². The Morgan fingerprint density at radius 1 is 1.04 bits per heavy atom. The van der Waals surface area contributed by atoms with E-state index in [2.05, 4.69) is 28.8 Å². The number of carbonyl (C=O) groups excluding carboxylic acids is 2. The number of nitrogens with zero attached hydrogens (tertiary/aromatic N) is 5. The van der Waals surface area contributed by atoms with Crippen LogP contribution in [-0.4, -0.2) is 92.5 Å². The topological polar surface area (TPSA) is 118 Å². The molecular weight excluding hydrogens is 611 g/mol. The van der Waals surface area contributed by atoms with Gasteiger partial charge in [-0.1, -0.05) is 18.2 Å². The minimum absolute atomic E-state index is 0.0228. The maximum atomic E-state index is 14.3. The van der Waals surface area contributed by atoms with Crippen molar-refractivity contribution in [2.45, 2.75) is 82.6 Å². The van der Waals surface area contributed by atoms with Crippen molar-refractivity contribution in [2.24, 2.45) is 17.6 Å². The van der Waals surface area contributed by atoms with Crippen molar-refractivity contribution in [3.8, 4) is 17.1 Å². The molecule has 3 aromatic heterocycles. The fourth-order valence-electron chi connectivity index (χ4n) is 8.31. The Kier molecular flexibility index (Phi) is 7.94. The molecular formula is C37H45FN6O4. The molecule has 4 fully saturated rings. The largest absolute Gasteiger partial charge is 0.494 e. The number of aromatic nitrogens is 3. The molecule has 3 N–H and O–H groups in total. The van der Waals surface area contributed by atoms with Crippen LogP contribution in [0.15, 0.2) is 36.5 Å². The Balaban J connectivity index is 1.15. The Morgan fingerprint density at radius 2 is 1.81 bits per heavy atom. The van der Waals surface area contributed by atoms with Gasteiger partial charge in [0.2, 0.25) is 5.91 Å². The number of alkyl halides is 1. The number of hydrogen-bond donors (Lipinski definition) is 2. The van der Waals surface area contributed by atoms with Crippen molar-refractivity contribution >= 4 is 28.2 Å². The van der Waals surface area contributed by atoms with E-state index in [4.69, 9.17) is 15.6 Å². The molecule has 0 spiro atoms. The van der Waals surface area contributed by atoms with Crippen LogP contribution in [0.4, 0.5) is 4.39 Å². The second kappa shape index (κ2) is 12.2. The lowest BCUT2D eigenvalue weighted by atomic mass is 9.80. The van der Waals surface area contributed by atoms with Crippen molar-refractivity contribution in [3.63, 3.8) is 0 Å². The van der Waals surface area contributed by atoms with Crippen LogP contribution in [0.3, 0.4) is 0 Å². The van der Waals surface area contributed by atoms with Crippen molar-refractivity contribution in [1.29, 1.82) is 0 Å². The fraction of sp³-hybridized carbons (Fsp3) is 0.541. The second-order valence-corrected chi connectivity index (χ2v) is 14.7. The molecule has 2 saturated carbocycles. The minimum atomic E-state index is -1.14. The Morgan fingerprint density at radius 3 is 2.50 bits per heavy atom. The molecule has 2 atom stereocenters. The zero-order valence-electron chi connectivity index (χ0n) is 27.8. The number of aryl methyl sites for hydroxylation is 1. The first kappa shape index (κ1) is 31.3. The molecule has 0 radical (unpaired) electrons. The summed E-state index contributed by atoms with van der Waals surface area (Å²) in [4.78, 5) is 30.0. The van der Waals surface area contributed by atoms with Crippen molar-refractivity contribution in [2.75, 3.05) is 33.3 Å². The average molecular weight is 657 g/mol. The third-order valence-corrected chi connectivity index (χ3v) is 11.2. The summed E-state index contributed by atoms with van der Waals surface area (Å²) in [6.07, 6.45) is 5.95. The highest BCUT2D eigenvalue weighted by molar-refractivity contribution is 5.96. The summed E-state index contributed by atoms with van der Waals surface area (Å²) in [5.74, 6) is 1.39.